The first-order valence-electron chi connectivity index (χ1n) is 8.90. The Morgan fingerprint density at radius 3 is 2.64 bits per heavy atom. The van der Waals surface area contributed by atoms with Gasteiger partial charge >= 0.3 is 6.03 Å². The summed E-state index contributed by atoms with van der Waals surface area (Å²) in [5, 5.41) is 9.75. The van der Waals surface area contributed by atoms with Crippen LogP contribution < -0.4 is 10.2 Å². The van der Waals surface area contributed by atoms with Crippen molar-refractivity contribution in [3.05, 3.63) is 54.5 Å². The van der Waals surface area contributed by atoms with E-state index < -0.39 is 0 Å². The third kappa shape index (κ3) is 4.05. The van der Waals surface area contributed by atoms with Crippen LogP contribution in [0.3, 0.4) is 0 Å². The monoisotopic (exact) mass is 382 g/mol. The number of urea groups is 1. The SMILES string of the molecule is O=C(NCc1nc(-c2ccc(F)cc2)n[nH]1)N1CCN(c2cnccn2)CC1. The Morgan fingerprint density at radius 2 is 1.93 bits per heavy atom. The van der Waals surface area contributed by atoms with Gasteiger partial charge in [-0.1, -0.05) is 0 Å². The van der Waals surface area contributed by atoms with E-state index in [0.29, 0.717) is 43.4 Å². The summed E-state index contributed by atoms with van der Waals surface area (Å²) in [6, 6.07) is 5.77. The number of hydrogen-bond donors (Lipinski definition) is 2. The van der Waals surface area contributed by atoms with Crippen LogP contribution in [0, 0.1) is 5.82 Å². The zero-order valence-electron chi connectivity index (χ0n) is 15.0. The molecule has 0 unspecified atom stereocenters. The van der Waals surface area contributed by atoms with Crippen molar-refractivity contribution in [3.63, 3.8) is 0 Å². The molecule has 0 radical (unpaired) electrons. The molecule has 0 spiro atoms. The number of piperazine rings is 1. The Bertz CT molecular complexity index is 922. The molecule has 0 bridgehead atoms. The van der Waals surface area contributed by atoms with Crippen molar-refractivity contribution in [2.24, 2.45) is 0 Å². The summed E-state index contributed by atoms with van der Waals surface area (Å²) >= 11 is 0. The van der Waals surface area contributed by atoms with Gasteiger partial charge in [-0.3, -0.25) is 10.1 Å². The molecule has 1 aromatic carbocycles. The van der Waals surface area contributed by atoms with Gasteiger partial charge < -0.3 is 15.1 Å². The van der Waals surface area contributed by atoms with Crippen molar-refractivity contribution in [3.8, 4) is 11.4 Å². The highest BCUT2D eigenvalue weighted by atomic mass is 19.1. The molecule has 28 heavy (non-hydrogen) atoms. The van der Waals surface area contributed by atoms with Gasteiger partial charge in [0, 0.05) is 44.1 Å². The second-order valence-electron chi connectivity index (χ2n) is 6.31. The third-order valence-electron chi connectivity index (χ3n) is 4.48. The second-order valence-corrected chi connectivity index (χ2v) is 6.31. The molecule has 0 saturated carbocycles. The van der Waals surface area contributed by atoms with Gasteiger partial charge in [-0.05, 0) is 24.3 Å². The molecule has 2 aromatic heterocycles. The minimum Gasteiger partial charge on any atom is -0.352 e. The van der Waals surface area contributed by atoms with Crippen LogP contribution in [-0.2, 0) is 6.54 Å². The van der Waals surface area contributed by atoms with Crippen LogP contribution in [0.4, 0.5) is 15.0 Å². The van der Waals surface area contributed by atoms with Crippen molar-refractivity contribution in [1.29, 1.82) is 0 Å². The topological polar surface area (TPSA) is 103 Å². The van der Waals surface area contributed by atoms with Gasteiger partial charge in [-0.15, -0.1) is 0 Å². The first-order valence-corrected chi connectivity index (χ1v) is 8.90. The zero-order valence-corrected chi connectivity index (χ0v) is 15.0. The van der Waals surface area contributed by atoms with Gasteiger partial charge in [-0.25, -0.2) is 19.2 Å². The van der Waals surface area contributed by atoms with Crippen molar-refractivity contribution >= 4 is 11.8 Å². The fourth-order valence-corrected chi connectivity index (χ4v) is 2.97. The van der Waals surface area contributed by atoms with Crippen LogP contribution in [0.25, 0.3) is 11.4 Å². The van der Waals surface area contributed by atoms with E-state index in [2.05, 4.69) is 35.4 Å². The lowest BCUT2D eigenvalue weighted by Gasteiger charge is -2.35. The fraction of sp³-hybridized carbons (Fsp3) is 0.278. The highest BCUT2D eigenvalue weighted by Crippen LogP contribution is 2.15. The van der Waals surface area contributed by atoms with Gasteiger partial charge in [-0.2, -0.15) is 5.10 Å². The number of nitrogens with zero attached hydrogens (tertiary/aromatic N) is 6. The molecule has 0 aliphatic carbocycles. The predicted octanol–water partition coefficient (Wildman–Crippen LogP) is 1.43. The molecule has 4 rings (SSSR count). The normalized spacial score (nSPS) is 14.2. The molecule has 2 amide bonds. The van der Waals surface area contributed by atoms with E-state index in [1.165, 1.54) is 12.1 Å². The number of carbonyl (C=O) groups excluding carboxylic acids is 1. The summed E-state index contributed by atoms with van der Waals surface area (Å²) in [5.41, 5.74) is 0.704. The van der Waals surface area contributed by atoms with Crippen molar-refractivity contribution in [2.45, 2.75) is 6.54 Å². The van der Waals surface area contributed by atoms with Crippen LogP contribution in [0.5, 0.6) is 0 Å². The number of halogens is 1. The number of H-pyrrole nitrogens is 1. The van der Waals surface area contributed by atoms with Gasteiger partial charge in [0.05, 0.1) is 12.7 Å². The predicted molar refractivity (Wildman–Crippen MR) is 99.8 cm³/mol. The molecule has 0 atom stereocenters. The molecule has 10 heteroatoms. The Balaban J connectivity index is 1.28. The summed E-state index contributed by atoms with van der Waals surface area (Å²) in [7, 11) is 0. The van der Waals surface area contributed by atoms with E-state index in [1.807, 2.05) is 0 Å². The molecule has 1 fully saturated rings. The van der Waals surface area contributed by atoms with E-state index in [4.69, 9.17) is 0 Å². The van der Waals surface area contributed by atoms with Gasteiger partial charge in [0.1, 0.15) is 17.5 Å². The molecule has 1 aliphatic rings. The average Bonchev–Trinajstić information content (AvgIpc) is 3.22. The third-order valence-corrected chi connectivity index (χ3v) is 4.48. The summed E-state index contributed by atoms with van der Waals surface area (Å²) in [5.74, 6) is 1.50. The van der Waals surface area contributed by atoms with Crippen LogP contribution in [-0.4, -0.2) is 62.3 Å². The molecule has 2 N–H and O–H groups in total. The maximum atomic E-state index is 13.0. The summed E-state index contributed by atoms with van der Waals surface area (Å²) in [6.45, 7) is 2.82. The van der Waals surface area contributed by atoms with Crippen LogP contribution in [0.15, 0.2) is 42.9 Å². The number of benzene rings is 1. The lowest BCUT2D eigenvalue weighted by molar-refractivity contribution is 0.193. The van der Waals surface area contributed by atoms with Crippen LogP contribution in [0.2, 0.25) is 0 Å². The van der Waals surface area contributed by atoms with Crippen molar-refractivity contribution in [2.75, 3.05) is 31.1 Å². The molecular formula is C18H19FN8O. The fourth-order valence-electron chi connectivity index (χ4n) is 2.97. The number of anilines is 1. The van der Waals surface area contributed by atoms with Crippen LogP contribution in [0.1, 0.15) is 5.82 Å². The van der Waals surface area contributed by atoms with Crippen molar-refractivity contribution < 1.29 is 9.18 Å². The lowest BCUT2D eigenvalue weighted by Crippen LogP contribution is -2.52. The Hall–Kier alpha value is -3.56. The Labute approximate surface area is 160 Å². The van der Waals surface area contributed by atoms with E-state index in [-0.39, 0.29) is 18.4 Å². The largest absolute Gasteiger partial charge is 0.352 e. The average molecular weight is 382 g/mol. The van der Waals surface area contributed by atoms with Crippen molar-refractivity contribution in [1.82, 2.24) is 35.4 Å². The summed E-state index contributed by atoms with van der Waals surface area (Å²) in [6.07, 6.45) is 5.02. The lowest BCUT2D eigenvalue weighted by atomic mass is 10.2. The highest BCUT2D eigenvalue weighted by Gasteiger charge is 2.22. The zero-order chi connectivity index (χ0) is 19.3. The first-order chi connectivity index (χ1) is 13.7. The number of hydrogen-bond acceptors (Lipinski definition) is 6. The molecule has 3 aromatic rings. The van der Waals surface area contributed by atoms with Gasteiger partial charge in [0.2, 0.25) is 0 Å². The second kappa shape index (κ2) is 7.99. The maximum absolute atomic E-state index is 13.0. The van der Waals surface area contributed by atoms with E-state index in [9.17, 15) is 9.18 Å². The molecule has 1 saturated heterocycles. The molecule has 144 valence electrons. The first kappa shape index (κ1) is 17.8. The molecule has 1 aliphatic heterocycles. The van der Waals surface area contributed by atoms with Crippen LogP contribution >= 0.6 is 0 Å². The minimum absolute atomic E-state index is 0.154. The Kier molecular flexibility index (Phi) is 5.09. The Morgan fingerprint density at radius 1 is 1.14 bits per heavy atom. The van der Waals surface area contributed by atoms with E-state index >= 15 is 0 Å². The number of nitrogens with one attached hydrogen (secondary N) is 2. The minimum atomic E-state index is -0.314. The molecular weight excluding hydrogens is 363 g/mol. The molecule has 3 heterocycles. The number of carbonyl (C=O) groups is 1. The van der Waals surface area contributed by atoms with Gasteiger partial charge in [0.25, 0.3) is 0 Å². The van der Waals surface area contributed by atoms with Gasteiger partial charge in [0.15, 0.2) is 5.82 Å². The number of amides is 2. The maximum Gasteiger partial charge on any atom is 0.317 e. The quantitative estimate of drug-likeness (QED) is 0.708. The summed E-state index contributed by atoms with van der Waals surface area (Å²) in [4.78, 5) is 28.9. The molecule has 9 nitrogen and oxygen atoms in total. The number of aromatic amines is 1. The number of aromatic nitrogens is 5. The van der Waals surface area contributed by atoms with E-state index in [0.717, 1.165) is 5.82 Å². The standard InChI is InChI=1S/C18H19FN8O/c19-14-3-1-13(2-4-14)17-23-15(24-25-17)11-22-18(28)27-9-7-26(8-10-27)16-12-20-5-6-21-16/h1-6,12H,7-11H2,(H,22,28)(H,23,24,25). The smallest absolute Gasteiger partial charge is 0.317 e. The van der Waals surface area contributed by atoms with E-state index in [1.54, 1.807) is 35.6 Å². The highest BCUT2D eigenvalue weighted by molar-refractivity contribution is 5.74. The summed E-state index contributed by atoms with van der Waals surface area (Å²) < 4.78 is 13.0. The number of rotatable bonds is 4.